The first-order chi connectivity index (χ1) is 11.0. The van der Waals surface area contributed by atoms with Crippen molar-refractivity contribution >= 4 is 17.7 Å². The standard InChI is InChI=1S/C18H17NO4/c1-12(20)13-8-10-15(11-9-13)17(21)19-16(18(22)23-2)14-6-4-3-5-7-14/h3-11,16H,1-2H3,(H,19,21). The summed E-state index contributed by atoms with van der Waals surface area (Å²) in [6.07, 6.45) is 0. The van der Waals surface area contributed by atoms with Gasteiger partial charge < -0.3 is 10.1 Å². The molecule has 0 heterocycles. The molecule has 0 aliphatic heterocycles. The molecule has 5 nitrogen and oxygen atoms in total. The molecule has 1 atom stereocenters. The zero-order chi connectivity index (χ0) is 16.8. The molecule has 0 bridgehead atoms. The number of benzene rings is 2. The molecular weight excluding hydrogens is 294 g/mol. The Morgan fingerprint density at radius 2 is 1.48 bits per heavy atom. The van der Waals surface area contributed by atoms with E-state index < -0.39 is 17.9 Å². The molecule has 2 aromatic carbocycles. The Bertz CT molecular complexity index is 708. The van der Waals surface area contributed by atoms with Crippen LogP contribution >= 0.6 is 0 Å². The summed E-state index contributed by atoms with van der Waals surface area (Å²) in [4.78, 5) is 35.5. The van der Waals surface area contributed by atoms with Crippen molar-refractivity contribution in [2.45, 2.75) is 13.0 Å². The maximum Gasteiger partial charge on any atom is 0.333 e. The van der Waals surface area contributed by atoms with E-state index in [-0.39, 0.29) is 5.78 Å². The molecule has 0 aromatic heterocycles. The summed E-state index contributed by atoms with van der Waals surface area (Å²) in [6.45, 7) is 1.46. The molecule has 1 amide bonds. The van der Waals surface area contributed by atoms with E-state index in [2.05, 4.69) is 5.32 Å². The summed E-state index contributed by atoms with van der Waals surface area (Å²) in [5.41, 5.74) is 1.52. The van der Waals surface area contributed by atoms with E-state index in [0.29, 0.717) is 16.7 Å². The van der Waals surface area contributed by atoms with E-state index in [1.165, 1.54) is 14.0 Å². The molecule has 0 aliphatic carbocycles. The van der Waals surface area contributed by atoms with Gasteiger partial charge in [-0.15, -0.1) is 0 Å². The SMILES string of the molecule is COC(=O)C(NC(=O)c1ccc(C(C)=O)cc1)c1ccccc1. The van der Waals surface area contributed by atoms with E-state index in [9.17, 15) is 14.4 Å². The number of carbonyl (C=O) groups is 3. The van der Waals surface area contributed by atoms with Gasteiger partial charge in [-0.05, 0) is 24.6 Å². The van der Waals surface area contributed by atoms with Gasteiger partial charge in [-0.2, -0.15) is 0 Å². The highest BCUT2D eigenvalue weighted by Crippen LogP contribution is 2.15. The van der Waals surface area contributed by atoms with Crippen molar-refractivity contribution in [1.29, 1.82) is 0 Å². The Labute approximate surface area is 134 Å². The van der Waals surface area contributed by atoms with Crippen LogP contribution in [0.5, 0.6) is 0 Å². The monoisotopic (exact) mass is 311 g/mol. The molecule has 118 valence electrons. The number of methoxy groups -OCH3 is 1. The van der Waals surface area contributed by atoms with Gasteiger partial charge in [0.15, 0.2) is 11.8 Å². The Morgan fingerprint density at radius 1 is 0.913 bits per heavy atom. The van der Waals surface area contributed by atoms with Crippen LogP contribution < -0.4 is 5.32 Å². The lowest BCUT2D eigenvalue weighted by molar-refractivity contribution is -0.143. The fourth-order valence-electron chi connectivity index (χ4n) is 2.11. The number of esters is 1. The second-order valence-corrected chi connectivity index (χ2v) is 4.97. The minimum absolute atomic E-state index is 0.0753. The van der Waals surface area contributed by atoms with Crippen LogP contribution in [0.3, 0.4) is 0 Å². The zero-order valence-electron chi connectivity index (χ0n) is 12.9. The number of nitrogens with one attached hydrogen (secondary N) is 1. The van der Waals surface area contributed by atoms with E-state index in [0.717, 1.165) is 0 Å². The minimum Gasteiger partial charge on any atom is -0.467 e. The zero-order valence-corrected chi connectivity index (χ0v) is 12.9. The predicted molar refractivity (Wildman–Crippen MR) is 85.1 cm³/mol. The first-order valence-corrected chi connectivity index (χ1v) is 7.07. The molecule has 0 saturated heterocycles. The van der Waals surface area contributed by atoms with Crippen molar-refractivity contribution in [1.82, 2.24) is 5.32 Å². The van der Waals surface area contributed by atoms with Crippen molar-refractivity contribution in [3.8, 4) is 0 Å². The van der Waals surface area contributed by atoms with Crippen LogP contribution in [0.15, 0.2) is 54.6 Å². The first kappa shape index (κ1) is 16.4. The smallest absolute Gasteiger partial charge is 0.333 e. The number of ether oxygens (including phenoxy) is 1. The summed E-state index contributed by atoms with van der Waals surface area (Å²) < 4.78 is 4.76. The second kappa shape index (κ2) is 7.35. The third-order valence-electron chi connectivity index (χ3n) is 3.40. The third-order valence-corrected chi connectivity index (χ3v) is 3.40. The van der Waals surface area contributed by atoms with Crippen LogP contribution in [0.2, 0.25) is 0 Å². The Kier molecular flexibility index (Phi) is 5.25. The van der Waals surface area contributed by atoms with Crippen LogP contribution in [0.1, 0.15) is 39.2 Å². The lowest BCUT2D eigenvalue weighted by Gasteiger charge is -2.17. The Balaban J connectivity index is 2.20. The second-order valence-electron chi connectivity index (χ2n) is 4.97. The summed E-state index contributed by atoms with van der Waals surface area (Å²) >= 11 is 0. The van der Waals surface area contributed by atoms with Gasteiger partial charge in [0.1, 0.15) is 0 Å². The van der Waals surface area contributed by atoms with Crippen molar-refractivity contribution in [3.05, 3.63) is 71.3 Å². The molecule has 5 heteroatoms. The molecule has 0 spiro atoms. The van der Waals surface area contributed by atoms with Crippen LogP contribution in [0.4, 0.5) is 0 Å². The largest absolute Gasteiger partial charge is 0.467 e. The molecule has 1 N–H and O–H groups in total. The molecule has 0 radical (unpaired) electrons. The van der Waals surface area contributed by atoms with E-state index in [1.54, 1.807) is 48.5 Å². The fourth-order valence-corrected chi connectivity index (χ4v) is 2.11. The summed E-state index contributed by atoms with van der Waals surface area (Å²) in [5.74, 6) is -1.04. The average Bonchev–Trinajstić information content (AvgIpc) is 2.59. The third kappa shape index (κ3) is 4.03. The molecule has 2 aromatic rings. The van der Waals surface area contributed by atoms with E-state index in [1.807, 2.05) is 6.07 Å². The van der Waals surface area contributed by atoms with Gasteiger partial charge in [-0.1, -0.05) is 42.5 Å². The summed E-state index contributed by atoms with van der Waals surface area (Å²) in [7, 11) is 1.27. The van der Waals surface area contributed by atoms with Gasteiger partial charge in [0.25, 0.3) is 5.91 Å². The summed E-state index contributed by atoms with van der Waals surface area (Å²) in [5, 5.41) is 2.65. The Hall–Kier alpha value is -2.95. The molecule has 0 aliphatic rings. The van der Waals surface area contributed by atoms with E-state index >= 15 is 0 Å². The van der Waals surface area contributed by atoms with E-state index in [4.69, 9.17) is 4.74 Å². The van der Waals surface area contributed by atoms with Gasteiger partial charge in [0, 0.05) is 11.1 Å². The predicted octanol–water partition coefficient (Wildman–Crippen LogP) is 2.53. The van der Waals surface area contributed by atoms with Crippen molar-refractivity contribution in [2.24, 2.45) is 0 Å². The maximum absolute atomic E-state index is 12.3. The highest BCUT2D eigenvalue weighted by molar-refractivity contribution is 5.99. The van der Waals surface area contributed by atoms with Crippen molar-refractivity contribution in [2.75, 3.05) is 7.11 Å². The highest BCUT2D eigenvalue weighted by Gasteiger charge is 2.23. The number of Topliss-reactive ketones (excluding diaryl/α,β-unsaturated/α-hetero) is 1. The number of carbonyl (C=O) groups excluding carboxylic acids is 3. The molecule has 0 saturated carbocycles. The quantitative estimate of drug-likeness (QED) is 0.680. The number of hydrogen-bond donors (Lipinski definition) is 1. The molecule has 2 rings (SSSR count). The molecule has 0 fully saturated rings. The van der Waals surface area contributed by atoms with Gasteiger partial charge in [0.2, 0.25) is 0 Å². The first-order valence-electron chi connectivity index (χ1n) is 7.07. The number of rotatable bonds is 5. The van der Waals surface area contributed by atoms with Crippen LogP contribution in [0, 0.1) is 0 Å². The number of hydrogen-bond acceptors (Lipinski definition) is 4. The number of amides is 1. The maximum atomic E-state index is 12.3. The number of ketones is 1. The van der Waals surface area contributed by atoms with Crippen LogP contribution in [-0.2, 0) is 9.53 Å². The normalized spacial score (nSPS) is 11.4. The summed E-state index contributed by atoms with van der Waals surface area (Å²) in [6, 6.07) is 14.2. The van der Waals surface area contributed by atoms with Gasteiger partial charge in [-0.3, -0.25) is 9.59 Å². The molecule has 1 unspecified atom stereocenters. The minimum atomic E-state index is -0.888. The van der Waals surface area contributed by atoms with Crippen molar-refractivity contribution < 1.29 is 19.1 Å². The topological polar surface area (TPSA) is 72.5 Å². The molecular formula is C18H17NO4. The fraction of sp³-hybridized carbons (Fsp3) is 0.167. The average molecular weight is 311 g/mol. The van der Waals surface area contributed by atoms with Gasteiger partial charge in [-0.25, -0.2) is 4.79 Å². The Morgan fingerprint density at radius 3 is 2.00 bits per heavy atom. The van der Waals surface area contributed by atoms with Crippen molar-refractivity contribution in [3.63, 3.8) is 0 Å². The van der Waals surface area contributed by atoms with Crippen LogP contribution in [0.25, 0.3) is 0 Å². The molecule has 23 heavy (non-hydrogen) atoms. The lowest BCUT2D eigenvalue weighted by Crippen LogP contribution is -2.34. The van der Waals surface area contributed by atoms with Crippen LogP contribution in [-0.4, -0.2) is 24.8 Å². The van der Waals surface area contributed by atoms with Gasteiger partial charge in [0.05, 0.1) is 7.11 Å². The lowest BCUT2D eigenvalue weighted by atomic mass is 10.1. The highest BCUT2D eigenvalue weighted by atomic mass is 16.5. The van der Waals surface area contributed by atoms with Gasteiger partial charge >= 0.3 is 5.97 Å².